The van der Waals surface area contributed by atoms with Gasteiger partial charge < -0.3 is 4.84 Å². The molecule has 2 fully saturated rings. The van der Waals surface area contributed by atoms with Gasteiger partial charge in [-0.25, -0.2) is 0 Å². The Morgan fingerprint density at radius 2 is 2.05 bits per heavy atom. The van der Waals surface area contributed by atoms with E-state index in [1.807, 2.05) is 18.3 Å². The quantitative estimate of drug-likeness (QED) is 0.629. The predicted octanol–water partition coefficient (Wildman–Crippen LogP) is 3.54. The van der Waals surface area contributed by atoms with E-state index in [0.717, 1.165) is 5.02 Å². The van der Waals surface area contributed by atoms with Crippen molar-refractivity contribution in [3.05, 3.63) is 34.9 Å². The maximum Gasteiger partial charge on any atom is 0.106 e. The zero-order valence-electron chi connectivity index (χ0n) is 12.0. The van der Waals surface area contributed by atoms with E-state index in [1.165, 1.54) is 24.8 Å². The van der Waals surface area contributed by atoms with Gasteiger partial charge in [-0.2, -0.15) is 0 Å². The van der Waals surface area contributed by atoms with Crippen molar-refractivity contribution in [1.29, 1.82) is 0 Å². The van der Waals surface area contributed by atoms with Gasteiger partial charge in [0.1, 0.15) is 7.11 Å². The van der Waals surface area contributed by atoms with E-state index in [0.29, 0.717) is 23.9 Å². The first-order chi connectivity index (χ1) is 9.70. The lowest BCUT2D eigenvalue weighted by Crippen LogP contribution is -2.46. The number of oxime groups is 1. The van der Waals surface area contributed by atoms with Crippen molar-refractivity contribution >= 4 is 17.8 Å². The Hall–Kier alpha value is -1.06. The van der Waals surface area contributed by atoms with Crippen molar-refractivity contribution in [3.8, 4) is 0 Å². The molecule has 0 radical (unpaired) electrons. The average Bonchev–Trinajstić information content (AvgIpc) is 2.71. The molecule has 4 atom stereocenters. The van der Waals surface area contributed by atoms with E-state index in [1.54, 1.807) is 7.11 Å². The second kappa shape index (κ2) is 5.74. The standard InChI is InChI=1S/C16H21ClN2O/c1-19-13-7-8-16(19)15(10-18-20-2)14(9-13)11-3-5-12(17)6-4-11/h3-6,10,13-16H,7-9H2,1-2H3/b18-10+/t13-,14?,15?,16?/m1/s1. The fraction of sp³-hybridized carbons (Fsp3) is 0.562. The first kappa shape index (κ1) is 13.9. The highest BCUT2D eigenvalue weighted by Gasteiger charge is 2.45. The molecule has 2 heterocycles. The minimum Gasteiger partial charge on any atom is -0.399 e. The van der Waals surface area contributed by atoms with Crippen LogP contribution in [-0.2, 0) is 4.84 Å². The van der Waals surface area contributed by atoms with Crippen LogP contribution in [0, 0.1) is 5.92 Å². The normalized spacial score (nSPS) is 33.8. The highest BCUT2D eigenvalue weighted by atomic mass is 35.5. The fourth-order valence-corrected chi connectivity index (χ4v) is 4.04. The Labute approximate surface area is 125 Å². The number of hydrogen-bond acceptors (Lipinski definition) is 3. The Morgan fingerprint density at radius 3 is 2.75 bits per heavy atom. The highest BCUT2D eigenvalue weighted by molar-refractivity contribution is 6.30. The molecule has 0 N–H and O–H groups in total. The van der Waals surface area contributed by atoms with Crippen molar-refractivity contribution in [3.63, 3.8) is 0 Å². The maximum atomic E-state index is 6.01. The molecule has 2 saturated heterocycles. The SMILES string of the molecule is CO/N=C/C1C(c2ccc(Cl)cc2)C[C@H]2CCC1N2C. The maximum absolute atomic E-state index is 6.01. The number of halogens is 1. The summed E-state index contributed by atoms with van der Waals surface area (Å²) in [6.07, 6.45) is 5.74. The summed E-state index contributed by atoms with van der Waals surface area (Å²) < 4.78 is 0. The molecule has 0 aliphatic carbocycles. The summed E-state index contributed by atoms with van der Waals surface area (Å²) in [7, 11) is 3.85. The second-order valence-electron chi connectivity index (χ2n) is 5.87. The molecule has 3 rings (SSSR count). The van der Waals surface area contributed by atoms with Crippen molar-refractivity contribution < 1.29 is 4.84 Å². The summed E-state index contributed by atoms with van der Waals surface area (Å²) in [5.41, 5.74) is 1.37. The van der Waals surface area contributed by atoms with Crippen molar-refractivity contribution in [2.75, 3.05) is 14.2 Å². The Bertz CT molecular complexity index is 488. The van der Waals surface area contributed by atoms with E-state index in [9.17, 15) is 0 Å². The smallest absolute Gasteiger partial charge is 0.106 e. The lowest BCUT2D eigenvalue weighted by atomic mass is 9.77. The van der Waals surface area contributed by atoms with E-state index >= 15 is 0 Å². The van der Waals surface area contributed by atoms with E-state index in [4.69, 9.17) is 16.4 Å². The summed E-state index contributed by atoms with van der Waals surface area (Å²) in [6, 6.07) is 9.57. The Balaban J connectivity index is 1.91. The van der Waals surface area contributed by atoms with Crippen molar-refractivity contribution in [1.82, 2.24) is 4.90 Å². The van der Waals surface area contributed by atoms with Crippen LogP contribution in [0.1, 0.15) is 30.7 Å². The molecule has 2 aliphatic rings. The molecule has 2 bridgehead atoms. The van der Waals surface area contributed by atoms with Crippen LogP contribution >= 0.6 is 11.6 Å². The monoisotopic (exact) mass is 292 g/mol. The van der Waals surface area contributed by atoms with Gasteiger partial charge in [-0.1, -0.05) is 28.9 Å². The molecule has 0 saturated carbocycles. The number of hydrogen-bond donors (Lipinski definition) is 0. The van der Waals surface area contributed by atoms with Crippen LogP contribution in [-0.4, -0.2) is 37.4 Å². The summed E-state index contributed by atoms with van der Waals surface area (Å²) in [6.45, 7) is 0. The van der Waals surface area contributed by atoms with Crippen molar-refractivity contribution in [2.24, 2.45) is 11.1 Å². The average molecular weight is 293 g/mol. The Kier molecular flexibility index (Phi) is 3.99. The van der Waals surface area contributed by atoms with Crippen LogP contribution in [0.5, 0.6) is 0 Å². The van der Waals surface area contributed by atoms with Crippen LogP contribution < -0.4 is 0 Å². The zero-order valence-corrected chi connectivity index (χ0v) is 12.8. The second-order valence-corrected chi connectivity index (χ2v) is 6.31. The predicted molar refractivity (Wildman–Crippen MR) is 82.4 cm³/mol. The molecular weight excluding hydrogens is 272 g/mol. The zero-order chi connectivity index (χ0) is 14.1. The molecule has 3 nitrogen and oxygen atoms in total. The van der Waals surface area contributed by atoms with Gasteiger partial charge in [0.05, 0.1) is 0 Å². The number of rotatable bonds is 3. The topological polar surface area (TPSA) is 24.8 Å². The van der Waals surface area contributed by atoms with E-state index < -0.39 is 0 Å². The molecule has 0 spiro atoms. The lowest BCUT2D eigenvalue weighted by molar-refractivity contribution is 0.131. The van der Waals surface area contributed by atoms with Gasteiger partial charge in [-0.05, 0) is 49.9 Å². The number of nitrogens with zero attached hydrogens (tertiary/aromatic N) is 2. The number of piperidine rings is 1. The third kappa shape index (κ3) is 2.45. The van der Waals surface area contributed by atoms with Gasteiger partial charge >= 0.3 is 0 Å². The minimum absolute atomic E-state index is 0.417. The highest BCUT2D eigenvalue weighted by Crippen LogP contribution is 2.45. The largest absolute Gasteiger partial charge is 0.399 e. The van der Waals surface area contributed by atoms with Crippen LogP contribution in [0.15, 0.2) is 29.4 Å². The van der Waals surface area contributed by atoms with Gasteiger partial charge in [-0.15, -0.1) is 0 Å². The van der Waals surface area contributed by atoms with Crippen LogP contribution in [0.3, 0.4) is 0 Å². The summed E-state index contributed by atoms with van der Waals surface area (Å²) in [5.74, 6) is 0.930. The van der Waals surface area contributed by atoms with Crippen LogP contribution in [0.4, 0.5) is 0 Å². The van der Waals surface area contributed by atoms with Crippen molar-refractivity contribution in [2.45, 2.75) is 37.3 Å². The van der Waals surface area contributed by atoms with Gasteiger partial charge in [0.15, 0.2) is 0 Å². The van der Waals surface area contributed by atoms with E-state index in [-0.39, 0.29) is 0 Å². The molecule has 0 amide bonds. The first-order valence-corrected chi connectivity index (χ1v) is 7.62. The first-order valence-electron chi connectivity index (χ1n) is 7.24. The molecular formula is C16H21ClN2O. The van der Waals surface area contributed by atoms with Gasteiger partial charge in [0.2, 0.25) is 0 Å². The van der Waals surface area contributed by atoms with E-state index in [2.05, 4.69) is 29.2 Å². The summed E-state index contributed by atoms with van der Waals surface area (Å²) >= 11 is 6.01. The molecule has 20 heavy (non-hydrogen) atoms. The van der Waals surface area contributed by atoms with Gasteiger partial charge in [-0.3, -0.25) is 4.90 Å². The molecule has 1 aromatic carbocycles. The van der Waals surface area contributed by atoms with Crippen LogP contribution in [0.2, 0.25) is 5.02 Å². The summed E-state index contributed by atoms with van der Waals surface area (Å²) in [4.78, 5) is 7.45. The van der Waals surface area contributed by atoms with Gasteiger partial charge in [0, 0.05) is 29.2 Å². The summed E-state index contributed by atoms with van der Waals surface area (Å²) in [5, 5.41) is 4.86. The molecule has 1 aromatic rings. The van der Waals surface area contributed by atoms with Gasteiger partial charge in [0.25, 0.3) is 0 Å². The molecule has 3 unspecified atom stereocenters. The Morgan fingerprint density at radius 1 is 1.30 bits per heavy atom. The third-order valence-electron chi connectivity index (χ3n) is 4.97. The number of benzene rings is 1. The molecule has 0 aromatic heterocycles. The molecule has 2 aliphatic heterocycles. The lowest BCUT2D eigenvalue weighted by Gasteiger charge is -2.41. The fourth-order valence-electron chi connectivity index (χ4n) is 3.91. The number of fused-ring (bicyclic) bond motifs is 2. The third-order valence-corrected chi connectivity index (χ3v) is 5.22. The molecule has 108 valence electrons. The minimum atomic E-state index is 0.417. The van der Waals surface area contributed by atoms with Crippen LogP contribution in [0.25, 0.3) is 0 Å². The molecule has 4 heteroatoms.